The van der Waals surface area contributed by atoms with Crippen molar-refractivity contribution in [3.05, 3.63) is 34.9 Å². The third kappa shape index (κ3) is 3.57. The number of benzene rings is 1. The third-order valence-electron chi connectivity index (χ3n) is 4.02. The van der Waals surface area contributed by atoms with E-state index in [0.29, 0.717) is 0 Å². The lowest BCUT2D eigenvalue weighted by Gasteiger charge is -2.28. The maximum Gasteiger partial charge on any atom is 0.00671 e. The zero-order chi connectivity index (χ0) is 12.3. The van der Waals surface area contributed by atoms with Crippen LogP contribution in [0.1, 0.15) is 42.9 Å². The zero-order valence-corrected chi connectivity index (χ0v) is 11.4. The molecule has 1 fully saturated rings. The fraction of sp³-hybridized carbons (Fsp3) is 0.625. The first kappa shape index (κ1) is 12.6. The van der Waals surface area contributed by atoms with Gasteiger partial charge in [-0.3, -0.25) is 0 Å². The van der Waals surface area contributed by atoms with Crippen molar-refractivity contribution in [1.29, 1.82) is 0 Å². The Kier molecular flexibility index (Phi) is 4.22. The lowest BCUT2D eigenvalue weighted by atomic mass is 9.92. The molecule has 1 aliphatic carbocycles. The highest BCUT2D eigenvalue weighted by Crippen LogP contribution is 2.19. The molecule has 1 heteroatoms. The Morgan fingerprint density at radius 1 is 1.24 bits per heavy atom. The second-order valence-electron chi connectivity index (χ2n) is 5.76. The van der Waals surface area contributed by atoms with Crippen molar-refractivity contribution < 1.29 is 0 Å². The summed E-state index contributed by atoms with van der Waals surface area (Å²) >= 11 is 0. The van der Waals surface area contributed by atoms with Crippen LogP contribution in [0.4, 0.5) is 0 Å². The van der Waals surface area contributed by atoms with Crippen LogP contribution in [0.5, 0.6) is 0 Å². The first-order valence-electron chi connectivity index (χ1n) is 6.94. The Morgan fingerprint density at radius 3 is 2.59 bits per heavy atom. The molecule has 17 heavy (non-hydrogen) atoms. The molecule has 1 nitrogen and oxygen atoms in total. The van der Waals surface area contributed by atoms with Crippen molar-refractivity contribution >= 4 is 0 Å². The topological polar surface area (TPSA) is 12.0 Å². The van der Waals surface area contributed by atoms with Gasteiger partial charge in [0, 0.05) is 6.04 Å². The van der Waals surface area contributed by atoms with Gasteiger partial charge in [-0.05, 0) is 62.3 Å². The van der Waals surface area contributed by atoms with Crippen LogP contribution in [-0.2, 0) is 6.42 Å². The summed E-state index contributed by atoms with van der Waals surface area (Å²) in [6, 6.07) is 7.69. The Balaban J connectivity index is 1.79. The fourth-order valence-corrected chi connectivity index (χ4v) is 2.39. The van der Waals surface area contributed by atoms with Crippen LogP contribution in [-0.4, -0.2) is 12.6 Å². The highest BCUT2D eigenvalue weighted by Gasteiger charge is 2.17. The molecular formula is C16H25N. The van der Waals surface area contributed by atoms with Gasteiger partial charge in [-0.1, -0.05) is 31.5 Å². The molecule has 1 saturated carbocycles. The van der Waals surface area contributed by atoms with Gasteiger partial charge in [0.2, 0.25) is 0 Å². The summed E-state index contributed by atoms with van der Waals surface area (Å²) in [7, 11) is 0. The molecule has 1 aromatic carbocycles. The maximum absolute atomic E-state index is 3.67. The molecule has 2 rings (SSSR count). The standard InChI is InChI=1S/C16H25N/c1-12(11-17-16-5-4-6-16)9-15-8-7-13(2)14(3)10-15/h7-8,10,12,16-17H,4-6,9,11H2,1-3H3. The molecule has 1 aliphatic rings. The van der Waals surface area contributed by atoms with E-state index in [0.717, 1.165) is 18.5 Å². The molecule has 0 spiro atoms. The summed E-state index contributed by atoms with van der Waals surface area (Å²) < 4.78 is 0. The van der Waals surface area contributed by atoms with Crippen molar-refractivity contribution in [1.82, 2.24) is 5.32 Å². The van der Waals surface area contributed by atoms with Gasteiger partial charge >= 0.3 is 0 Å². The number of nitrogens with one attached hydrogen (secondary N) is 1. The molecule has 0 amide bonds. The van der Waals surface area contributed by atoms with Crippen molar-refractivity contribution in [3.63, 3.8) is 0 Å². The van der Waals surface area contributed by atoms with E-state index >= 15 is 0 Å². The van der Waals surface area contributed by atoms with Crippen LogP contribution in [0.15, 0.2) is 18.2 Å². The average molecular weight is 231 g/mol. The molecule has 0 heterocycles. The lowest BCUT2D eigenvalue weighted by Crippen LogP contribution is -2.38. The third-order valence-corrected chi connectivity index (χ3v) is 4.02. The predicted molar refractivity (Wildman–Crippen MR) is 74.4 cm³/mol. The van der Waals surface area contributed by atoms with Crippen LogP contribution < -0.4 is 5.32 Å². The van der Waals surface area contributed by atoms with Crippen LogP contribution >= 0.6 is 0 Å². The summed E-state index contributed by atoms with van der Waals surface area (Å²) in [5, 5.41) is 3.67. The zero-order valence-electron chi connectivity index (χ0n) is 11.4. The lowest BCUT2D eigenvalue weighted by molar-refractivity contribution is 0.320. The molecule has 1 atom stereocenters. The van der Waals surface area contributed by atoms with E-state index in [1.165, 1.54) is 42.4 Å². The van der Waals surface area contributed by atoms with Crippen LogP contribution in [0.25, 0.3) is 0 Å². The Morgan fingerprint density at radius 2 is 2.00 bits per heavy atom. The monoisotopic (exact) mass is 231 g/mol. The fourth-order valence-electron chi connectivity index (χ4n) is 2.39. The molecule has 0 bridgehead atoms. The second-order valence-corrected chi connectivity index (χ2v) is 5.76. The SMILES string of the molecule is Cc1ccc(CC(C)CNC2CCC2)cc1C. The predicted octanol–water partition coefficient (Wildman–Crippen LogP) is 3.62. The Bertz CT molecular complexity index is 366. The maximum atomic E-state index is 3.67. The average Bonchev–Trinajstić information content (AvgIpc) is 2.21. The Hall–Kier alpha value is -0.820. The minimum atomic E-state index is 0.734. The highest BCUT2D eigenvalue weighted by molar-refractivity contribution is 5.30. The number of hydrogen-bond donors (Lipinski definition) is 1. The minimum absolute atomic E-state index is 0.734. The molecule has 94 valence electrons. The summed E-state index contributed by atoms with van der Waals surface area (Å²) in [5.74, 6) is 0.734. The molecule has 1 aromatic rings. The van der Waals surface area contributed by atoms with Crippen LogP contribution in [0.2, 0.25) is 0 Å². The normalized spacial score (nSPS) is 17.8. The summed E-state index contributed by atoms with van der Waals surface area (Å²) in [6.07, 6.45) is 5.39. The van der Waals surface area contributed by atoms with Gasteiger partial charge in [0.15, 0.2) is 0 Å². The van der Waals surface area contributed by atoms with E-state index in [1.54, 1.807) is 0 Å². The molecule has 0 saturated heterocycles. The number of aryl methyl sites for hydroxylation is 2. The second kappa shape index (κ2) is 5.68. The molecule has 0 aromatic heterocycles. The van der Waals surface area contributed by atoms with E-state index in [2.05, 4.69) is 44.3 Å². The van der Waals surface area contributed by atoms with Crippen molar-refractivity contribution in [3.8, 4) is 0 Å². The van der Waals surface area contributed by atoms with Gasteiger partial charge in [-0.2, -0.15) is 0 Å². The van der Waals surface area contributed by atoms with Crippen molar-refractivity contribution in [2.45, 2.75) is 52.5 Å². The largest absolute Gasteiger partial charge is 0.314 e. The van der Waals surface area contributed by atoms with Gasteiger partial charge < -0.3 is 5.32 Å². The first-order valence-corrected chi connectivity index (χ1v) is 6.94. The van der Waals surface area contributed by atoms with Crippen molar-refractivity contribution in [2.75, 3.05) is 6.54 Å². The van der Waals surface area contributed by atoms with E-state index in [4.69, 9.17) is 0 Å². The van der Waals surface area contributed by atoms with Crippen molar-refractivity contribution in [2.24, 2.45) is 5.92 Å². The molecule has 1 N–H and O–H groups in total. The van der Waals surface area contributed by atoms with E-state index < -0.39 is 0 Å². The van der Waals surface area contributed by atoms with Gasteiger partial charge in [0.1, 0.15) is 0 Å². The number of rotatable bonds is 5. The van der Waals surface area contributed by atoms with E-state index in [1.807, 2.05) is 0 Å². The van der Waals surface area contributed by atoms with E-state index in [-0.39, 0.29) is 0 Å². The van der Waals surface area contributed by atoms with E-state index in [9.17, 15) is 0 Å². The van der Waals surface area contributed by atoms with Gasteiger partial charge in [-0.15, -0.1) is 0 Å². The number of hydrogen-bond acceptors (Lipinski definition) is 1. The molecular weight excluding hydrogens is 206 g/mol. The molecule has 1 unspecified atom stereocenters. The summed E-state index contributed by atoms with van der Waals surface area (Å²) in [5.41, 5.74) is 4.30. The van der Waals surface area contributed by atoms with Crippen LogP contribution in [0.3, 0.4) is 0 Å². The van der Waals surface area contributed by atoms with Gasteiger partial charge in [0.25, 0.3) is 0 Å². The minimum Gasteiger partial charge on any atom is -0.314 e. The Labute approximate surface area is 106 Å². The molecule has 0 aliphatic heterocycles. The van der Waals surface area contributed by atoms with Gasteiger partial charge in [0.05, 0.1) is 0 Å². The highest BCUT2D eigenvalue weighted by atomic mass is 14.9. The molecule has 0 radical (unpaired) electrons. The summed E-state index contributed by atoms with van der Waals surface area (Å²) in [6.45, 7) is 7.90. The van der Waals surface area contributed by atoms with Gasteiger partial charge in [-0.25, -0.2) is 0 Å². The van der Waals surface area contributed by atoms with Crippen LogP contribution in [0, 0.1) is 19.8 Å². The summed E-state index contributed by atoms with van der Waals surface area (Å²) in [4.78, 5) is 0. The smallest absolute Gasteiger partial charge is 0.00671 e. The first-order chi connectivity index (χ1) is 8.15. The quantitative estimate of drug-likeness (QED) is 0.816.